The van der Waals surface area contributed by atoms with E-state index in [-0.39, 0.29) is 0 Å². The Labute approximate surface area is 87.6 Å². The fourth-order valence-electron chi connectivity index (χ4n) is 1.79. The van der Waals surface area contributed by atoms with Gasteiger partial charge in [-0.25, -0.2) is 0 Å². The predicted octanol–water partition coefficient (Wildman–Crippen LogP) is 1.50. The summed E-state index contributed by atoms with van der Waals surface area (Å²) in [6, 6.07) is 0. The van der Waals surface area contributed by atoms with Crippen LogP contribution in [0.3, 0.4) is 0 Å². The minimum atomic E-state index is 1.02. The molecule has 0 bridgehead atoms. The highest BCUT2D eigenvalue weighted by molar-refractivity contribution is 5.83. The lowest BCUT2D eigenvalue weighted by Gasteiger charge is -2.19. The van der Waals surface area contributed by atoms with Crippen molar-refractivity contribution in [3.63, 3.8) is 0 Å². The molecule has 0 saturated carbocycles. The molecule has 0 spiro atoms. The van der Waals surface area contributed by atoms with E-state index in [1.807, 2.05) is 0 Å². The molecule has 0 unspecified atom stereocenters. The van der Waals surface area contributed by atoms with E-state index in [0.717, 1.165) is 32.6 Å². The molecule has 1 rings (SSSR count). The zero-order valence-corrected chi connectivity index (χ0v) is 9.55. The average Bonchev–Trinajstić information content (AvgIpc) is 2.69. The van der Waals surface area contributed by atoms with Gasteiger partial charge in [-0.15, -0.1) is 0 Å². The van der Waals surface area contributed by atoms with Crippen molar-refractivity contribution in [3.8, 4) is 0 Å². The van der Waals surface area contributed by atoms with Gasteiger partial charge in [-0.1, -0.05) is 13.8 Å². The fraction of sp³-hybridized carbons (Fsp3) is 0.909. The first-order valence-electron chi connectivity index (χ1n) is 5.86. The van der Waals surface area contributed by atoms with E-state index < -0.39 is 0 Å². The van der Waals surface area contributed by atoms with Gasteiger partial charge in [0.15, 0.2) is 0 Å². The van der Waals surface area contributed by atoms with E-state index in [0.29, 0.717) is 0 Å². The summed E-state index contributed by atoms with van der Waals surface area (Å²) in [6.45, 7) is 10.0. The van der Waals surface area contributed by atoms with Crippen molar-refractivity contribution in [1.82, 2.24) is 10.2 Å². The molecule has 0 aromatic rings. The van der Waals surface area contributed by atoms with Crippen LogP contribution in [0.4, 0.5) is 0 Å². The Hall–Kier alpha value is -0.570. The van der Waals surface area contributed by atoms with E-state index in [1.165, 1.54) is 25.2 Å². The van der Waals surface area contributed by atoms with Crippen molar-refractivity contribution in [2.24, 2.45) is 4.99 Å². The number of amidine groups is 1. The normalized spacial score (nSPS) is 16.1. The van der Waals surface area contributed by atoms with Crippen LogP contribution in [0, 0.1) is 0 Å². The van der Waals surface area contributed by atoms with E-state index in [9.17, 15) is 0 Å². The average molecular weight is 197 g/mol. The van der Waals surface area contributed by atoms with Crippen LogP contribution in [0.1, 0.15) is 33.1 Å². The van der Waals surface area contributed by atoms with Gasteiger partial charge in [0.2, 0.25) is 0 Å². The maximum atomic E-state index is 4.39. The predicted molar refractivity (Wildman–Crippen MR) is 61.9 cm³/mol. The molecule has 1 aliphatic heterocycles. The highest BCUT2D eigenvalue weighted by atomic mass is 15.1. The first-order valence-corrected chi connectivity index (χ1v) is 5.86. The topological polar surface area (TPSA) is 27.6 Å². The second kappa shape index (κ2) is 6.82. The molecule has 3 heteroatoms. The van der Waals surface area contributed by atoms with Gasteiger partial charge in [0.1, 0.15) is 0 Å². The Bertz CT molecular complexity index is 177. The molecule has 0 amide bonds. The molecule has 0 radical (unpaired) electrons. The van der Waals surface area contributed by atoms with Gasteiger partial charge < -0.3 is 10.2 Å². The summed E-state index contributed by atoms with van der Waals surface area (Å²) < 4.78 is 0. The highest BCUT2D eigenvalue weighted by Gasteiger charge is 2.05. The zero-order valence-electron chi connectivity index (χ0n) is 9.55. The molecule has 82 valence electrons. The highest BCUT2D eigenvalue weighted by Crippen LogP contribution is 2.00. The molecule has 3 nitrogen and oxygen atoms in total. The molecule has 1 aliphatic rings. The molecule has 1 N–H and O–H groups in total. The van der Waals surface area contributed by atoms with Gasteiger partial charge in [-0.3, -0.25) is 4.99 Å². The molecule has 14 heavy (non-hydrogen) atoms. The number of hydrogen-bond acceptors (Lipinski definition) is 3. The number of hydrogen-bond donors (Lipinski definition) is 1. The minimum absolute atomic E-state index is 1.02. The minimum Gasteiger partial charge on any atom is -0.373 e. The SMILES string of the molecule is CCCN(CC)CCNC1=NCCC1. The van der Waals surface area contributed by atoms with Crippen LogP contribution in [0.15, 0.2) is 4.99 Å². The summed E-state index contributed by atoms with van der Waals surface area (Å²) in [5, 5.41) is 3.41. The van der Waals surface area contributed by atoms with Gasteiger partial charge in [-0.05, 0) is 25.9 Å². The third kappa shape index (κ3) is 4.09. The van der Waals surface area contributed by atoms with Gasteiger partial charge in [0.05, 0.1) is 5.84 Å². The molecule has 0 fully saturated rings. The number of rotatable bonds is 6. The van der Waals surface area contributed by atoms with Crippen molar-refractivity contribution in [1.29, 1.82) is 0 Å². The molecule has 1 heterocycles. The number of nitrogens with zero attached hydrogens (tertiary/aromatic N) is 2. The Kier molecular flexibility index (Phi) is 5.60. The summed E-state index contributed by atoms with van der Waals surface area (Å²) in [4.78, 5) is 6.87. The first kappa shape index (κ1) is 11.5. The smallest absolute Gasteiger partial charge is 0.0964 e. The maximum absolute atomic E-state index is 4.39. The quantitative estimate of drug-likeness (QED) is 0.699. The Morgan fingerprint density at radius 2 is 2.21 bits per heavy atom. The second-order valence-electron chi connectivity index (χ2n) is 3.79. The lowest BCUT2D eigenvalue weighted by atomic mass is 10.3. The van der Waals surface area contributed by atoms with Gasteiger partial charge in [0.25, 0.3) is 0 Å². The van der Waals surface area contributed by atoms with Crippen LogP contribution in [-0.4, -0.2) is 43.5 Å². The third-order valence-electron chi connectivity index (χ3n) is 2.62. The molecule has 0 atom stereocenters. The Morgan fingerprint density at radius 3 is 2.79 bits per heavy atom. The number of nitrogens with one attached hydrogen (secondary N) is 1. The van der Waals surface area contributed by atoms with Crippen molar-refractivity contribution >= 4 is 5.84 Å². The van der Waals surface area contributed by atoms with Crippen molar-refractivity contribution < 1.29 is 0 Å². The standard InChI is InChI=1S/C11H23N3/c1-3-9-14(4-2)10-8-13-11-6-5-7-12-11/h3-10H2,1-2H3,(H,12,13). The summed E-state index contributed by atoms with van der Waals surface area (Å²) in [5.41, 5.74) is 0. The molecular weight excluding hydrogens is 174 g/mol. The van der Waals surface area contributed by atoms with Gasteiger partial charge >= 0.3 is 0 Å². The number of aliphatic imine (C=N–C) groups is 1. The molecular formula is C11H23N3. The van der Waals surface area contributed by atoms with Crippen LogP contribution in [0.2, 0.25) is 0 Å². The van der Waals surface area contributed by atoms with Crippen molar-refractivity contribution in [3.05, 3.63) is 0 Å². The summed E-state index contributed by atoms with van der Waals surface area (Å²) in [5.74, 6) is 1.22. The van der Waals surface area contributed by atoms with Gasteiger partial charge in [0, 0.05) is 26.1 Å². The third-order valence-corrected chi connectivity index (χ3v) is 2.62. The van der Waals surface area contributed by atoms with Gasteiger partial charge in [-0.2, -0.15) is 0 Å². The first-order chi connectivity index (χ1) is 6.86. The Balaban J connectivity index is 2.06. The van der Waals surface area contributed by atoms with Crippen LogP contribution in [0.5, 0.6) is 0 Å². The molecule has 0 aromatic heterocycles. The summed E-state index contributed by atoms with van der Waals surface area (Å²) >= 11 is 0. The van der Waals surface area contributed by atoms with E-state index in [4.69, 9.17) is 0 Å². The molecule has 0 saturated heterocycles. The van der Waals surface area contributed by atoms with E-state index >= 15 is 0 Å². The fourth-order valence-corrected chi connectivity index (χ4v) is 1.79. The monoisotopic (exact) mass is 197 g/mol. The summed E-state index contributed by atoms with van der Waals surface area (Å²) in [7, 11) is 0. The maximum Gasteiger partial charge on any atom is 0.0964 e. The van der Waals surface area contributed by atoms with Crippen molar-refractivity contribution in [2.45, 2.75) is 33.1 Å². The number of likely N-dealkylation sites (N-methyl/N-ethyl adjacent to an activating group) is 1. The van der Waals surface area contributed by atoms with E-state index in [2.05, 4.69) is 29.1 Å². The van der Waals surface area contributed by atoms with Crippen LogP contribution < -0.4 is 5.32 Å². The molecule has 0 aromatic carbocycles. The lowest BCUT2D eigenvalue weighted by molar-refractivity contribution is 0.293. The van der Waals surface area contributed by atoms with Crippen LogP contribution >= 0.6 is 0 Å². The van der Waals surface area contributed by atoms with Crippen LogP contribution in [-0.2, 0) is 0 Å². The second-order valence-corrected chi connectivity index (χ2v) is 3.79. The molecule has 0 aliphatic carbocycles. The van der Waals surface area contributed by atoms with Crippen molar-refractivity contribution in [2.75, 3.05) is 32.7 Å². The van der Waals surface area contributed by atoms with Crippen LogP contribution in [0.25, 0.3) is 0 Å². The summed E-state index contributed by atoms with van der Waals surface area (Å²) in [6.07, 6.45) is 3.63. The van der Waals surface area contributed by atoms with E-state index in [1.54, 1.807) is 0 Å². The largest absolute Gasteiger partial charge is 0.373 e. The zero-order chi connectivity index (χ0) is 10.2. The Morgan fingerprint density at radius 1 is 1.36 bits per heavy atom. The lowest BCUT2D eigenvalue weighted by Crippen LogP contribution is -2.34.